The molecule has 0 spiro atoms. The first-order valence-corrected chi connectivity index (χ1v) is 10.5. The van der Waals surface area contributed by atoms with E-state index in [4.69, 9.17) is 9.47 Å². The highest BCUT2D eigenvalue weighted by molar-refractivity contribution is 7.15. The lowest BCUT2D eigenvalue weighted by Crippen LogP contribution is -2.30. The third-order valence-electron chi connectivity index (χ3n) is 4.82. The highest BCUT2D eigenvalue weighted by Crippen LogP contribution is 2.35. The van der Waals surface area contributed by atoms with Crippen molar-refractivity contribution < 1.29 is 27.4 Å². The van der Waals surface area contributed by atoms with E-state index >= 15 is 0 Å². The number of nitrogens with zero attached hydrogens (tertiary/aromatic N) is 4. The molecule has 0 atom stereocenters. The topological polar surface area (TPSA) is 102 Å². The van der Waals surface area contributed by atoms with Crippen LogP contribution in [0.25, 0.3) is 0 Å². The number of hydrogen-bond acceptors (Lipinski definition) is 8. The molecule has 0 unspecified atom stereocenters. The minimum Gasteiger partial charge on any atom is -0.481 e. The van der Waals surface area contributed by atoms with Gasteiger partial charge >= 0.3 is 18.2 Å². The van der Waals surface area contributed by atoms with E-state index in [9.17, 15) is 18.0 Å². The summed E-state index contributed by atoms with van der Waals surface area (Å²) in [6.07, 6.45) is -3.99. The van der Waals surface area contributed by atoms with Crippen molar-refractivity contribution in [1.82, 2.24) is 15.0 Å². The lowest BCUT2D eigenvalue weighted by molar-refractivity contribution is -0.136. The van der Waals surface area contributed by atoms with Gasteiger partial charge in [-0.1, -0.05) is 23.5 Å². The van der Waals surface area contributed by atoms with Gasteiger partial charge in [-0.2, -0.15) is 23.1 Å². The van der Waals surface area contributed by atoms with Gasteiger partial charge in [-0.25, -0.2) is 9.78 Å². The zero-order chi connectivity index (χ0) is 23.6. The van der Waals surface area contributed by atoms with Crippen molar-refractivity contribution in [3.63, 3.8) is 0 Å². The van der Waals surface area contributed by atoms with E-state index in [1.54, 1.807) is 6.07 Å². The average molecular weight is 480 g/mol. The molecule has 0 bridgehead atoms. The number of alkyl halides is 3. The number of para-hydroxylation sites is 1. The van der Waals surface area contributed by atoms with Crippen LogP contribution in [0.2, 0.25) is 0 Å². The lowest BCUT2D eigenvalue weighted by Gasteiger charge is -2.27. The number of thiazole rings is 1. The summed E-state index contributed by atoms with van der Waals surface area (Å²) in [7, 11) is 2.96. The zero-order valence-electron chi connectivity index (χ0n) is 17.6. The molecule has 9 nitrogen and oxygen atoms in total. The van der Waals surface area contributed by atoms with E-state index < -0.39 is 17.8 Å². The number of fused-ring (bicyclic) bond motifs is 1. The number of hydrogen-bond donors (Lipinski definition) is 2. The van der Waals surface area contributed by atoms with Crippen LogP contribution in [-0.2, 0) is 19.1 Å². The Balaban J connectivity index is 1.46. The van der Waals surface area contributed by atoms with Crippen LogP contribution in [0, 0.1) is 0 Å². The van der Waals surface area contributed by atoms with Crippen molar-refractivity contribution in [3.8, 4) is 11.9 Å². The van der Waals surface area contributed by atoms with Gasteiger partial charge in [-0.05, 0) is 12.1 Å². The van der Waals surface area contributed by atoms with Gasteiger partial charge in [-0.3, -0.25) is 5.32 Å². The van der Waals surface area contributed by atoms with Crippen LogP contribution in [0.15, 0.2) is 30.3 Å². The van der Waals surface area contributed by atoms with Crippen LogP contribution in [0.4, 0.5) is 34.6 Å². The number of carbonyl (C=O) groups excluding carboxylic acids is 1. The van der Waals surface area contributed by atoms with Crippen LogP contribution in [0.5, 0.6) is 11.9 Å². The van der Waals surface area contributed by atoms with E-state index in [2.05, 4.69) is 25.6 Å². The number of carbonyl (C=O) groups is 1. The lowest BCUT2D eigenvalue weighted by atomic mass is 10.1. The van der Waals surface area contributed by atoms with Crippen LogP contribution in [-0.4, -0.2) is 41.7 Å². The Morgan fingerprint density at radius 3 is 2.64 bits per heavy atom. The van der Waals surface area contributed by atoms with Crippen molar-refractivity contribution in [1.29, 1.82) is 0 Å². The quantitative estimate of drug-likeness (QED) is 0.565. The van der Waals surface area contributed by atoms with Crippen molar-refractivity contribution in [2.75, 3.05) is 36.3 Å². The Morgan fingerprint density at radius 2 is 1.91 bits per heavy atom. The minimum absolute atomic E-state index is 0.178. The van der Waals surface area contributed by atoms with E-state index in [0.29, 0.717) is 36.3 Å². The number of methoxy groups -OCH3 is 2. The molecule has 13 heteroatoms. The molecule has 1 aliphatic rings. The predicted octanol–water partition coefficient (Wildman–Crippen LogP) is 4.18. The second-order valence-corrected chi connectivity index (χ2v) is 8.02. The first kappa shape index (κ1) is 22.6. The van der Waals surface area contributed by atoms with Crippen molar-refractivity contribution in [3.05, 3.63) is 46.5 Å². The minimum atomic E-state index is -4.58. The Morgan fingerprint density at radius 1 is 1.12 bits per heavy atom. The molecule has 33 heavy (non-hydrogen) atoms. The molecule has 4 rings (SSSR count). The molecule has 2 aromatic heterocycles. The summed E-state index contributed by atoms with van der Waals surface area (Å²) in [4.78, 5) is 28.1. The molecule has 0 aliphatic carbocycles. The predicted molar refractivity (Wildman–Crippen MR) is 116 cm³/mol. The summed E-state index contributed by atoms with van der Waals surface area (Å²) in [5.41, 5.74) is -0.443. The largest absolute Gasteiger partial charge is 0.481 e. The van der Waals surface area contributed by atoms with Gasteiger partial charge in [0, 0.05) is 23.9 Å². The first-order chi connectivity index (χ1) is 15.8. The molecule has 0 saturated heterocycles. The molecule has 3 heterocycles. The fourth-order valence-corrected chi connectivity index (χ4v) is 4.30. The normalized spacial score (nSPS) is 13.3. The van der Waals surface area contributed by atoms with Gasteiger partial charge in [0.2, 0.25) is 5.88 Å². The molecule has 1 aliphatic heterocycles. The van der Waals surface area contributed by atoms with Gasteiger partial charge in [0.25, 0.3) is 0 Å². The van der Waals surface area contributed by atoms with Gasteiger partial charge < -0.3 is 19.7 Å². The monoisotopic (exact) mass is 480 g/mol. The van der Waals surface area contributed by atoms with Crippen LogP contribution in [0.3, 0.4) is 0 Å². The van der Waals surface area contributed by atoms with Gasteiger partial charge in [0.15, 0.2) is 5.13 Å². The third-order valence-corrected chi connectivity index (χ3v) is 5.81. The number of benzene rings is 1. The van der Waals surface area contributed by atoms with Crippen LogP contribution >= 0.6 is 11.3 Å². The Labute approximate surface area is 190 Å². The standard InChI is InChI=1S/C20H19F3N6O3S/c1-31-16-9-15(26-18(27-16)32-2)29-8-7-13-14(10-29)33-19(25-13)28-17(30)24-12-6-4-3-5-11(12)20(21,22)23/h3-6,9H,7-8,10H2,1-2H3,(H2,24,25,28,30). The molecule has 3 aromatic rings. The second kappa shape index (κ2) is 9.10. The Hall–Kier alpha value is -3.61. The summed E-state index contributed by atoms with van der Waals surface area (Å²) < 4.78 is 49.7. The Bertz CT molecular complexity index is 1150. The number of anilines is 3. The molecule has 0 radical (unpaired) electrons. The van der Waals surface area contributed by atoms with Crippen molar-refractivity contribution >= 4 is 34.0 Å². The SMILES string of the molecule is COc1cc(N2CCc3nc(NC(=O)Nc4ccccc4C(F)(F)F)sc3C2)nc(OC)n1. The number of nitrogens with one attached hydrogen (secondary N) is 2. The molecule has 0 saturated carbocycles. The molecule has 0 fully saturated rings. The van der Waals surface area contributed by atoms with E-state index in [1.165, 1.54) is 43.8 Å². The van der Waals surface area contributed by atoms with E-state index in [-0.39, 0.29) is 11.7 Å². The number of amides is 2. The fraction of sp³-hybridized carbons (Fsp3) is 0.300. The molecule has 2 amide bonds. The zero-order valence-corrected chi connectivity index (χ0v) is 18.4. The second-order valence-electron chi connectivity index (χ2n) is 6.94. The number of rotatable bonds is 5. The molecular formula is C20H19F3N6O3S. The molecular weight excluding hydrogens is 461 g/mol. The summed E-state index contributed by atoms with van der Waals surface area (Å²) in [5, 5.41) is 5.06. The smallest absolute Gasteiger partial charge is 0.418 e. The number of halogens is 3. The van der Waals surface area contributed by atoms with E-state index in [1.807, 2.05) is 4.90 Å². The number of ether oxygens (including phenoxy) is 2. The average Bonchev–Trinajstić information content (AvgIpc) is 3.19. The fourth-order valence-electron chi connectivity index (χ4n) is 3.28. The number of urea groups is 1. The third kappa shape index (κ3) is 5.08. The van der Waals surface area contributed by atoms with Gasteiger partial charge in [0.05, 0.1) is 37.7 Å². The van der Waals surface area contributed by atoms with Crippen LogP contribution in [0.1, 0.15) is 16.1 Å². The molecule has 174 valence electrons. The highest BCUT2D eigenvalue weighted by atomic mass is 32.1. The number of aromatic nitrogens is 3. The summed E-state index contributed by atoms with van der Waals surface area (Å²) in [5.74, 6) is 0.985. The van der Waals surface area contributed by atoms with Crippen molar-refractivity contribution in [2.24, 2.45) is 0 Å². The van der Waals surface area contributed by atoms with Crippen molar-refractivity contribution in [2.45, 2.75) is 19.1 Å². The maximum absolute atomic E-state index is 13.1. The maximum Gasteiger partial charge on any atom is 0.418 e. The first-order valence-electron chi connectivity index (χ1n) is 9.71. The summed E-state index contributed by atoms with van der Waals surface area (Å²) in [6, 6.07) is 5.84. The maximum atomic E-state index is 13.1. The van der Waals surface area contributed by atoms with Crippen LogP contribution < -0.4 is 25.0 Å². The summed E-state index contributed by atoms with van der Waals surface area (Å²) >= 11 is 1.25. The molecule has 1 aromatic carbocycles. The van der Waals surface area contributed by atoms with E-state index in [0.717, 1.165) is 16.6 Å². The summed E-state index contributed by atoms with van der Waals surface area (Å²) in [6.45, 7) is 1.10. The van der Waals surface area contributed by atoms with Gasteiger partial charge in [0.1, 0.15) is 5.82 Å². The van der Waals surface area contributed by atoms with Gasteiger partial charge in [-0.15, -0.1) is 0 Å². The Kier molecular flexibility index (Phi) is 6.22. The molecule has 2 N–H and O–H groups in total. The highest BCUT2D eigenvalue weighted by Gasteiger charge is 2.33.